The molecule has 1 fully saturated rings. The van der Waals surface area contributed by atoms with Gasteiger partial charge in [0.2, 0.25) is 0 Å². The number of para-hydroxylation sites is 1. The summed E-state index contributed by atoms with van der Waals surface area (Å²) in [5.41, 5.74) is 1.75. The summed E-state index contributed by atoms with van der Waals surface area (Å²) in [6.45, 7) is 7.01. The van der Waals surface area contributed by atoms with Crippen LogP contribution in [0, 0.1) is 0 Å². The Bertz CT molecular complexity index is 846. The van der Waals surface area contributed by atoms with Gasteiger partial charge >= 0.3 is 5.97 Å². The minimum atomic E-state index is -0.612. The highest BCUT2D eigenvalue weighted by molar-refractivity contribution is 6.00. The number of anilines is 1. The third-order valence-corrected chi connectivity index (χ3v) is 5.44. The summed E-state index contributed by atoms with van der Waals surface area (Å²) >= 11 is 0. The lowest BCUT2D eigenvalue weighted by Crippen LogP contribution is -2.46. The van der Waals surface area contributed by atoms with Crippen molar-refractivity contribution in [2.75, 3.05) is 44.2 Å². The topological polar surface area (TPSA) is 70.1 Å². The van der Waals surface area contributed by atoms with E-state index in [0.29, 0.717) is 12.0 Å². The standard InChI is InChI=1S/C24H30N2O4/c1-2-30-24(29)21-18-19(11-12-23(21)28)22(27)10-6-7-13-25-14-16-26(17-15-25)20-8-4-3-5-9-20/h3-5,8-9,11-12,18,28H,2,6-7,10,13-17H2,1H3. The monoisotopic (exact) mass is 410 g/mol. The lowest BCUT2D eigenvalue weighted by atomic mass is 10.0. The second kappa shape index (κ2) is 10.8. The summed E-state index contributed by atoms with van der Waals surface area (Å²) in [4.78, 5) is 29.2. The Kier molecular flexibility index (Phi) is 7.85. The van der Waals surface area contributed by atoms with Gasteiger partial charge in [0.05, 0.1) is 6.61 Å². The first-order valence-corrected chi connectivity index (χ1v) is 10.6. The number of carbonyl (C=O) groups is 2. The van der Waals surface area contributed by atoms with Gasteiger partial charge in [0.25, 0.3) is 0 Å². The van der Waals surface area contributed by atoms with Crippen LogP contribution in [0.1, 0.15) is 46.9 Å². The van der Waals surface area contributed by atoms with Crippen LogP contribution in [0.15, 0.2) is 48.5 Å². The third-order valence-electron chi connectivity index (χ3n) is 5.44. The summed E-state index contributed by atoms with van der Waals surface area (Å²) < 4.78 is 4.93. The molecule has 0 unspecified atom stereocenters. The molecule has 0 radical (unpaired) electrons. The molecule has 1 heterocycles. The zero-order valence-electron chi connectivity index (χ0n) is 17.5. The number of unbranched alkanes of at least 4 members (excludes halogenated alkanes) is 1. The van der Waals surface area contributed by atoms with E-state index in [-0.39, 0.29) is 23.7 Å². The maximum atomic E-state index is 12.5. The molecule has 0 saturated carbocycles. The zero-order chi connectivity index (χ0) is 21.3. The second-order valence-corrected chi connectivity index (χ2v) is 7.50. The van der Waals surface area contributed by atoms with Crippen molar-refractivity contribution in [3.05, 3.63) is 59.7 Å². The van der Waals surface area contributed by atoms with Crippen molar-refractivity contribution in [1.82, 2.24) is 4.90 Å². The molecule has 0 atom stereocenters. The Labute approximate surface area is 178 Å². The number of benzene rings is 2. The highest BCUT2D eigenvalue weighted by Crippen LogP contribution is 2.21. The predicted octanol–water partition coefficient (Wildman–Crippen LogP) is 3.74. The average molecular weight is 411 g/mol. The fourth-order valence-corrected chi connectivity index (χ4v) is 3.72. The smallest absolute Gasteiger partial charge is 0.341 e. The highest BCUT2D eigenvalue weighted by atomic mass is 16.5. The van der Waals surface area contributed by atoms with Crippen molar-refractivity contribution in [2.24, 2.45) is 0 Å². The van der Waals surface area contributed by atoms with Gasteiger partial charge in [-0.1, -0.05) is 18.2 Å². The summed E-state index contributed by atoms with van der Waals surface area (Å²) in [7, 11) is 0. The van der Waals surface area contributed by atoms with E-state index in [1.54, 1.807) is 13.0 Å². The SMILES string of the molecule is CCOC(=O)c1cc(C(=O)CCCCN2CCN(c3ccccc3)CC2)ccc1O. The lowest BCUT2D eigenvalue weighted by molar-refractivity contribution is 0.0523. The molecular formula is C24H30N2O4. The van der Waals surface area contributed by atoms with Crippen LogP contribution in [0.2, 0.25) is 0 Å². The van der Waals surface area contributed by atoms with E-state index in [2.05, 4.69) is 34.1 Å². The predicted molar refractivity (Wildman–Crippen MR) is 117 cm³/mol. The Balaban J connectivity index is 1.40. The van der Waals surface area contributed by atoms with Crippen LogP contribution in [0.25, 0.3) is 0 Å². The largest absolute Gasteiger partial charge is 0.507 e. The van der Waals surface area contributed by atoms with E-state index in [1.807, 2.05) is 6.07 Å². The van der Waals surface area contributed by atoms with Crippen LogP contribution in [-0.4, -0.2) is 61.1 Å². The molecule has 6 nitrogen and oxygen atoms in total. The van der Waals surface area contributed by atoms with Gasteiger partial charge in [-0.25, -0.2) is 4.79 Å². The molecule has 2 aromatic rings. The van der Waals surface area contributed by atoms with Crippen molar-refractivity contribution >= 4 is 17.4 Å². The average Bonchev–Trinajstić information content (AvgIpc) is 2.78. The van der Waals surface area contributed by atoms with E-state index in [0.717, 1.165) is 45.6 Å². The first-order chi connectivity index (χ1) is 14.6. The molecule has 0 spiro atoms. The number of carbonyl (C=O) groups excluding carboxylic acids is 2. The fourth-order valence-electron chi connectivity index (χ4n) is 3.72. The summed E-state index contributed by atoms with van der Waals surface area (Å²) in [6.07, 6.45) is 2.18. The van der Waals surface area contributed by atoms with E-state index >= 15 is 0 Å². The maximum absolute atomic E-state index is 12.5. The molecular weight excluding hydrogens is 380 g/mol. The number of aromatic hydroxyl groups is 1. The number of phenols is 1. The first kappa shape index (κ1) is 21.8. The Hall–Kier alpha value is -2.86. The van der Waals surface area contributed by atoms with Crippen LogP contribution >= 0.6 is 0 Å². The summed E-state index contributed by atoms with van der Waals surface area (Å²) in [5, 5.41) is 9.84. The molecule has 30 heavy (non-hydrogen) atoms. The van der Waals surface area contributed by atoms with Gasteiger partial charge in [-0.15, -0.1) is 0 Å². The van der Waals surface area contributed by atoms with Gasteiger partial charge in [0, 0.05) is 43.9 Å². The number of ketones is 1. The molecule has 0 aliphatic carbocycles. The number of hydrogen-bond donors (Lipinski definition) is 1. The molecule has 0 amide bonds. The fraction of sp³-hybridized carbons (Fsp3) is 0.417. The van der Waals surface area contributed by atoms with Gasteiger partial charge in [0.1, 0.15) is 11.3 Å². The molecule has 1 aliphatic heterocycles. The number of hydrogen-bond acceptors (Lipinski definition) is 6. The Morgan fingerprint density at radius 2 is 1.73 bits per heavy atom. The number of phenolic OH excluding ortho intramolecular Hbond substituents is 1. The van der Waals surface area contributed by atoms with Crippen molar-refractivity contribution in [3.8, 4) is 5.75 Å². The number of rotatable bonds is 9. The van der Waals surface area contributed by atoms with Crippen LogP contribution in [-0.2, 0) is 4.74 Å². The second-order valence-electron chi connectivity index (χ2n) is 7.50. The number of piperazine rings is 1. The summed E-state index contributed by atoms with van der Waals surface area (Å²) in [5.74, 6) is -0.798. The molecule has 2 aromatic carbocycles. The quantitative estimate of drug-likeness (QED) is 0.386. The minimum Gasteiger partial charge on any atom is -0.507 e. The summed E-state index contributed by atoms with van der Waals surface area (Å²) in [6, 6.07) is 14.9. The normalized spacial score (nSPS) is 14.5. The first-order valence-electron chi connectivity index (χ1n) is 10.6. The van der Waals surface area contributed by atoms with Gasteiger partial charge < -0.3 is 14.7 Å². The van der Waals surface area contributed by atoms with Gasteiger partial charge in [-0.2, -0.15) is 0 Å². The minimum absolute atomic E-state index is 0.0190. The van der Waals surface area contributed by atoms with Crippen LogP contribution in [0.3, 0.4) is 0 Å². The molecule has 1 saturated heterocycles. The lowest BCUT2D eigenvalue weighted by Gasteiger charge is -2.36. The maximum Gasteiger partial charge on any atom is 0.341 e. The van der Waals surface area contributed by atoms with Crippen LogP contribution < -0.4 is 4.90 Å². The number of Topliss-reactive ketones (excluding diaryl/α,β-unsaturated/α-hetero) is 1. The molecule has 0 aromatic heterocycles. The molecule has 0 bridgehead atoms. The van der Waals surface area contributed by atoms with Crippen molar-refractivity contribution in [1.29, 1.82) is 0 Å². The van der Waals surface area contributed by atoms with Crippen molar-refractivity contribution < 1.29 is 19.4 Å². The third kappa shape index (κ3) is 5.83. The van der Waals surface area contributed by atoms with Crippen LogP contribution in [0.4, 0.5) is 5.69 Å². The van der Waals surface area contributed by atoms with Crippen LogP contribution in [0.5, 0.6) is 5.75 Å². The van der Waals surface area contributed by atoms with E-state index < -0.39 is 5.97 Å². The van der Waals surface area contributed by atoms with Crippen molar-refractivity contribution in [2.45, 2.75) is 26.2 Å². The number of esters is 1. The molecule has 160 valence electrons. The van der Waals surface area contributed by atoms with E-state index in [9.17, 15) is 14.7 Å². The highest BCUT2D eigenvalue weighted by Gasteiger charge is 2.18. The van der Waals surface area contributed by atoms with Crippen molar-refractivity contribution in [3.63, 3.8) is 0 Å². The Morgan fingerprint density at radius 3 is 2.43 bits per heavy atom. The van der Waals surface area contributed by atoms with Gasteiger partial charge in [-0.05, 0) is 56.6 Å². The number of nitrogens with zero attached hydrogens (tertiary/aromatic N) is 2. The van der Waals surface area contributed by atoms with E-state index in [4.69, 9.17) is 4.74 Å². The molecule has 3 rings (SSSR count). The zero-order valence-corrected chi connectivity index (χ0v) is 17.5. The molecule has 1 aliphatic rings. The van der Waals surface area contributed by atoms with Gasteiger partial charge in [0.15, 0.2) is 5.78 Å². The van der Waals surface area contributed by atoms with E-state index in [1.165, 1.54) is 17.8 Å². The Morgan fingerprint density at radius 1 is 1.00 bits per heavy atom. The molecule has 6 heteroatoms. The number of ether oxygens (including phenoxy) is 1. The molecule has 1 N–H and O–H groups in total. The van der Waals surface area contributed by atoms with Gasteiger partial charge in [-0.3, -0.25) is 9.69 Å².